The van der Waals surface area contributed by atoms with Gasteiger partial charge in [-0.2, -0.15) is 0 Å². The van der Waals surface area contributed by atoms with Gasteiger partial charge in [0.1, 0.15) is 11.9 Å². The summed E-state index contributed by atoms with van der Waals surface area (Å²) in [6, 6.07) is 17.6. The van der Waals surface area contributed by atoms with Gasteiger partial charge >= 0.3 is 0 Å². The third-order valence-corrected chi connectivity index (χ3v) is 4.12. The molecular formula is C19H18N2OS. The van der Waals surface area contributed by atoms with Crippen LogP contribution < -0.4 is 10.1 Å². The fourth-order valence-electron chi connectivity index (χ4n) is 2.59. The molecule has 1 fully saturated rings. The molecular weight excluding hydrogens is 304 g/mol. The van der Waals surface area contributed by atoms with E-state index < -0.39 is 0 Å². The first-order valence-corrected chi connectivity index (χ1v) is 8.00. The highest BCUT2D eigenvalue weighted by Crippen LogP contribution is 2.19. The van der Waals surface area contributed by atoms with Gasteiger partial charge in [-0.1, -0.05) is 30.2 Å². The molecule has 1 N–H and O–H groups in total. The van der Waals surface area contributed by atoms with Gasteiger partial charge in [-0.25, -0.2) is 0 Å². The Morgan fingerprint density at radius 1 is 1.22 bits per heavy atom. The van der Waals surface area contributed by atoms with Crippen LogP contribution in [-0.2, 0) is 0 Å². The summed E-state index contributed by atoms with van der Waals surface area (Å²) in [4.78, 5) is 2.13. The van der Waals surface area contributed by atoms with Crippen molar-refractivity contribution < 1.29 is 4.74 Å². The largest absolute Gasteiger partial charge is 0.489 e. The summed E-state index contributed by atoms with van der Waals surface area (Å²) < 4.78 is 5.99. The van der Waals surface area contributed by atoms with Crippen LogP contribution in [0.3, 0.4) is 0 Å². The molecule has 2 aromatic rings. The molecule has 0 saturated carbocycles. The van der Waals surface area contributed by atoms with E-state index in [-0.39, 0.29) is 6.10 Å². The second-order valence-corrected chi connectivity index (χ2v) is 5.83. The van der Waals surface area contributed by atoms with Crippen LogP contribution in [0, 0.1) is 12.3 Å². The highest BCUT2D eigenvalue weighted by molar-refractivity contribution is 7.80. The first-order valence-electron chi connectivity index (χ1n) is 7.59. The molecule has 3 nitrogen and oxygen atoms in total. The van der Waals surface area contributed by atoms with E-state index in [0.29, 0.717) is 5.11 Å². The van der Waals surface area contributed by atoms with Crippen molar-refractivity contribution >= 4 is 23.0 Å². The maximum absolute atomic E-state index is 5.99. The lowest BCUT2D eigenvalue weighted by Gasteiger charge is -2.21. The Labute approximate surface area is 142 Å². The van der Waals surface area contributed by atoms with Crippen molar-refractivity contribution in [2.45, 2.75) is 12.5 Å². The number of terminal acetylenes is 1. The Balaban J connectivity index is 1.56. The molecule has 116 valence electrons. The normalized spacial score (nSPS) is 16.7. The van der Waals surface area contributed by atoms with Gasteiger partial charge in [-0.05, 0) is 42.5 Å². The molecule has 0 aliphatic carbocycles. The minimum atomic E-state index is 0.161. The van der Waals surface area contributed by atoms with Crippen LogP contribution in [0.5, 0.6) is 5.75 Å². The Morgan fingerprint density at radius 3 is 2.83 bits per heavy atom. The average Bonchev–Trinajstić information content (AvgIpc) is 3.04. The van der Waals surface area contributed by atoms with Crippen molar-refractivity contribution in [2.75, 3.05) is 18.4 Å². The molecule has 1 atom stereocenters. The highest BCUT2D eigenvalue weighted by Gasteiger charge is 2.25. The lowest BCUT2D eigenvalue weighted by Crippen LogP contribution is -2.34. The van der Waals surface area contributed by atoms with Gasteiger partial charge in [0, 0.05) is 24.2 Å². The quantitative estimate of drug-likeness (QED) is 0.690. The van der Waals surface area contributed by atoms with Crippen molar-refractivity contribution in [1.82, 2.24) is 4.90 Å². The number of anilines is 1. The first kappa shape index (κ1) is 15.4. The maximum atomic E-state index is 5.99. The second-order valence-electron chi connectivity index (χ2n) is 5.44. The zero-order chi connectivity index (χ0) is 16.1. The topological polar surface area (TPSA) is 24.5 Å². The number of ether oxygens (including phenoxy) is 1. The van der Waals surface area contributed by atoms with E-state index in [1.807, 2.05) is 54.6 Å². The van der Waals surface area contributed by atoms with E-state index in [1.54, 1.807) is 0 Å². The molecule has 1 heterocycles. The second kappa shape index (κ2) is 7.17. The van der Waals surface area contributed by atoms with Crippen molar-refractivity contribution in [1.29, 1.82) is 0 Å². The summed E-state index contributed by atoms with van der Waals surface area (Å²) in [7, 11) is 0. The van der Waals surface area contributed by atoms with Crippen molar-refractivity contribution in [3.63, 3.8) is 0 Å². The van der Waals surface area contributed by atoms with Crippen LogP contribution in [0.2, 0.25) is 0 Å². The number of rotatable bonds is 3. The molecule has 2 aromatic carbocycles. The summed E-state index contributed by atoms with van der Waals surface area (Å²) >= 11 is 5.50. The Morgan fingerprint density at radius 2 is 2.04 bits per heavy atom. The smallest absolute Gasteiger partial charge is 0.173 e. The predicted octanol–water partition coefficient (Wildman–Crippen LogP) is 3.52. The minimum Gasteiger partial charge on any atom is -0.489 e. The number of hydrogen-bond acceptors (Lipinski definition) is 2. The number of nitrogens with zero attached hydrogens (tertiary/aromatic N) is 1. The first-order chi connectivity index (χ1) is 11.2. The molecule has 1 unspecified atom stereocenters. The molecule has 0 spiro atoms. The van der Waals surface area contributed by atoms with Gasteiger partial charge in [0.05, 0.1) is 6.54 Å². The van der Waals surface area contributed by atoms with E-state index in [9.17, 15) is 0 Å². The molecule has 23 heavy (non-hydrogen) atoms. The molecule has 1 saturated heterocycles. The van der Waals surface area contributed by atoms with Crippen molar-refractivity contribution in [2.24, 2.45) is 0 Å². The van der Waals surface area contributed by atoms with Gasteiger partial charge in [-0.15, -0.1) is 6.42 Å². The number of benzene rings is 2. The average molecular weight is 322 g/mol. The van der Waals surface area contributed by atoms with E-state index in [1.165, 1.54) is 0 Å². The van der Waals surface area contributed by atoms with Crippen molar-refractivity contribution in [3.8, 4) is 18.1 Å². The standard InChI is InChI=1S/C19H18N2OS/c1-2-15-7-6-8-16(13-15)20-19(23)21-12-11-18(14-21)22-17-9-4-3-5-10-17/h1,3-10,13,18H,11-12,14H2,(H,20,23). The number of para-hydroxylation sites is 1. The summed E-state index contributed by atoms with van der Waals surface area (Å²) in [5.74, 6) is 3.53. The van der Waals surface area contributed by atoms with Crippen LogP contribution in [0.1, 0.15) is 12.0 Å². The van der Waals surface area contributed by atoms with E-state index in [2.05, 4.69) is 16.1 Å². The van der Waals surface area contributed by atoms with Crippen LogP contribution in [0.25, 0.3) is 0 Å². The lowest BCUT2D eigenvalue weighted by atomic mass is 10.2. The number of hydrogen-bond donors (Lipinski definition) is 1. The SMILES string of the molecule is C#Cc1cccc(NC(=S)N2CCC(Oc3ccccc3)C2)c1. The molecule has 3 rings (SSSR count). The Kier molecular flexibility index (Phi) is 4.80. The van der Waals surface area contributed by atoms with Gasteiger partial charge in [-0.3, -0.25) is 0 Å². The zero-order valence-electron chi connectivity index (χ0n) is 12.7. The molecule has 0 radical (unpaired) electrons. The van der Waals surface area contributed by atoms with Crippen LogP contribution >= 0.6 is 12.2 Å². The predicted molar refractivity (Wildman–Crippen MR) is 97.6 cm³/mol. The molecule has 1 aliphatic heterocycles. The fourth-order valence-corrected chi connectivity index (χ4v) is 2.87. The van der Waals surface area contributed by atoms with E-state index in [4.69, 9.17) is 23.4 Å². The summed E-state index contributed by atoms with van der Waals surface area (Å²) in [5, 5.41) is 3.96. The van der Waals surface area contributed by atoms with Gasteiger partial charge in [0.2, 0.25) is 0 Å². The minimum absolute atomic E-state index is 0.161. The van der Waals surface area contributed by atoms with Crippen LogP contribution in [0.15, 0.2) is 54.6 Å². The lowest BCUT2D eigenvalue weighted by molar-refractivity contribution is 0.215. The molecule has 0 aromatic heterocycles. The Hall–Kier alpha value is -2.51. The van der Waals surface area contributed by atoms with E-state index >= 15 is 0 Å². The monoisotopic (exact) mass is 322 g/mol. The molecule has 1 aliphatic rings. The maximum Gasteiger partial charge on any atom is 0.173 e. The number of thiocarbonyl (C=S) groups is 1. The van der Waals surface area contributed by atoms with Crippen LogP contribution in [0.4, 0.5) is 5.69 Å². The molecule has 4 heteroatoms. The fraction of sp³-hybridized carbons (Fsp3) is 0.211. The van der Waals surface area contributed by atoms with E-state index in [0.717, 1.165) is 36.5 Å². The van der Waals surface area contributed by atoms with Gasteiger partial charge in [0.25, 0.3) is 0 Å². The highest BCUT2D eigenvalue weighted by atomic mass is 32.1. The number of likely N-dealkylation sites (tertiary alicyclic amines) is 1. The van der Waals surface area contributed by atoms with Gasteiger partial charge < -0.3 is 15.0 Å². The summed E-state index contributed by atoms with van der Waals surface area (Å²) in [6.45, 7) is 1.67. The van der Waals surface area contributed by atoms with Crippen LogP contribution in [-0.4, -0.2) is 29.2 Å². The summed E-state index contributed by atoms with van der Waals surface area (Å²) in [6.07, 6.45) is 6.55. The molecule has 0 amide bonds. The third-order valence-electron chi connectivity index (χ3n) is 3.76. The van der Waals surface area contributed by atoms with Crippen molar-refractivity contribution in [3.05, 3.63) is 60.2 Å². The molecule has 0 bridgehead atoms. The van der Waals surface area contributed by atoms with Gasteiger partial charge in [0.15, 0.2) is 5.11 Å². The summed E-state index contributed by atoms with van der Waals surface area (Å²) in [5.41, 5.74) is 1.75. The Bertz CT molecular complexity index is 724. The zero-order valence-corrected chi connectivity index (χ0v) is 13.6. The third kappa shape index (κ3) is 4.02. The number of nitrogens with one attached hydrogen (secondary N) is 1.